The number of carbonyl (C=O) groups excluding carboxylic acids is 1. The van der Waals surface area contributed by atoms with E-state index in [1.807, 2.05) is 0 Å². The molecule has 0 aromatic heterocycles. The van der Waals surface area contributed by atoms with Crippen molar-refractivity contribution in [3.8, 4) is 11.1 Å². The van der Waals surface area contributed by atoms with Gasteiger partial charge >= 0.3 is 12.3 Å². The standard InChI is InChI=1S/C19H14F3NO3/c20-19(21,22)15-5-1-3-12(10-15)13-6-7-16-14(9-13)4-2-8-18(16,11-24)23-17(25)26/h1-3,5-11,23H,4H2,(H,25,26)/t18-/m1/s1. The van der Waals surface area contributed by atoms with Crippen LogP contribution < -0.4 is 5.32 Å². The molecule has 0 bridgehead atoms. The Morgan fingerprint density at radius 3 is 2.54 bits per heavy atom. The van der Waals surface area contributed by atoms with Gasteiger partial charge in [-0.25, -0.2) is 4.79 Å². The molecule has 0 saturated carbocycles. The van der Waals surface area contributed by atoms with Crippen molar-refractivity contribution < 1.29 is 27.9 Å². The van der Waals surface area contributed by atoms with E-state index in [2.05, 4.69) is 5.32 Å². The first kappa shape index (κ1) is 17.7. The van der Waals surface area contributed by atoms with Crippen molar-refractivity contribution in [1.29, 1.82) is 0 Å². The Morgan fingerprint density at radius 1 is 1.15 bits per heavy atom. The van der Waals surface area contributed by atoms with Gasteiger partial charge < -0.3 is 10.4 Å². The maximum atomic E-state index is 12.9. The Kier molecular flexibility index (Phi) is 4.31. The van der Waals surface area contributed by atoms with Crippen molar-refractivity contribution in [3.05, 3.63) is 71.3 Å². The quantitative estimate of drug-likeness (QED) is 0.638. The van der Waals surface area contributed by atoms with Crippen molar-refractivity contribution >= 4 is 12.4 Å². The second kappa shape index (κ2) is 6.33. The number of carboxylic acid groups (broad SMARTS) is 1. The van der Waals surface area contributed by atoms with E-state index in [0.717, 1.165) is 12.1 Å². The van der Waals surface area contributed by atoms with Crippen molar-refractivity contribution in [1.82, 2.24) is 5.32 Å². The van der Waals surface area contributed by atoms with Crippen LogP contribution >= 0.6 is 0 Å². The topological polar surface area (TPSA) is 66.4 Å². The highest BCUT2D eigenvalue weighted by molar-refractivity contribution is 5.81. The van der Waals surface area contributed by atoms with Gasteiger partial charge in [0.05, 0.1) is 5.56 Å². The molecular weight excluding hydrogens is 347 g/mol. The van der Waals surface area contributed by atoms with E-state index in [9.17, 15) is 22.8 Å². The zero-order valence-electron chi connectivity index (χ0n) is 13.4. The number of benzene rings is 2. The molecule has 0 heterocycles. The normalized spacial score (nSPS) is 18.9. The highest BCUT2D eigenvalue weighted by Crippen LogP contribution is 2.35. The maximum absolute atomic E-state index is 12.9. The average molecular weight is 361 g/mol. The highest BCUT2D eigenvalue weighted by atomic mass is 19.4. The molecule has 3 rings (SSSR count). The molecule has 1 aliphatic rings. The van der Waals surface area contributed by atoms with Crippen molar-refractivity contribution in [3.63, 3.8) is 0 Å². The van der Waals surface area contributed by atoms with Gasteiger partial charge in [0.15, 0.2) is 6.29 Å². The van der Waals surface area contributed by atoms with Crippen LogP contribution in [0.2, 0.25) is 0 Å². The molecule has 0 fully saturated rings. The summed E-state index contributed by atoms with van der Waals surface area (Å²) in [6, 6.07) is 9.78. The minimum absolute atomic E-state index is 0.389. The summed E-state index contributed by atoms with van der Waals surface area (Å²) < 4.78 is 38.7. The largest absolute Gasteiger partial charge is 0.465 e. The molecule has 26 heavy (non-hydrogen) atoms. The second-order valence-electron chi connectivity index (χ2n) is 5.97. The van der Waals surface area contributed by atoms with Gasteiger partial charge in [-0.1, -0.05) is 42.5 Å². The van der Waals surface area contributed by atoms with Crippen molar-refractivity contribution in [2.24, 2.45) is 0 Å². The highest BCUT2D eigenvalue weighted by Gasteiger charge is 2.35. The molecule has 4 nitrogen and oxygen atoms in total. The van der Waals surface area contributed by atoms with Crippen LogP contribution in [0.5, 0.6) is 0 Å². The zero-order valence-corrected chi connectivity index (χ0v) is 13.4. The summed E-state index contributed by atoms with van der Waals surface area (Å²) in [6.07, 6.45) is -1.72. The average Bonchev–Trinajstić information content (AvgIpc) is 2.60. The Hall–Kier alpha value is -3.09. The van der Waals surface area contributed by atoms with Gasteiger partial charge in [0.2, 0.25) is 0 Å². The van der Waals surface area contributed by atoms with Gasteiger partial charge in [-0.2, -0.15) is 13.2 Å². The number of hydrogen-bond acceptors (Lipinski definition) is 2. The van der Waals surface area contributed by atoms with E-state index in [1.54, 1.807) is 30.3 Å². The predicted molar refractivity (Wildman–Crippen MR) is 88.6 cm³/mol. The van der Waals surface area contributed by atoms with Gasteiger partial charge in [0, 0.05) is 0 Å². The number of carbonyl (C=O) groups is 2. The minimum Gasteiger partial charge on any atom is -0.465 e. The Balaban J connectivity index is 2.06. The van der Waals surface area contributed by atoms with Crippen LogP contribution in [0.3, 0.4) is 0 Å². The van der Waals surface area contributed by atoms with Crippen LogP contribution in [0.1, 0.15) is 16.7 Å². The molecule has 134 valence electrons. The number of fused-ring (bicyclic) bond motifs is 1. The summed E-state index contributed by atoms with van der Waals surface area (Å²) in [5.74, 6) is 0. The van der Waals surface area contributed by atoms with Crippen LogP contribution in [0.25, 0.3) is 11.1 Å². The van der Waals surface area contributed by atoms with Crippen LogP contribution in [0.15, 0.2) is 54.6 Å². The Morgan fingerprint density at radius 2 is 1.88 bits per heavy atom. The number of halogens is 3. The van der Waals surface area contributed by atoms with Crippen LogP contribution in [-0.4, -0.2) is 17.5 Å². The summed E-state index contributed by atoms with van der Waals surface area (Å²) >= 11 is 0. The fourth-order valence-corrected chi connectivity index (χ4v) is 3.10. The number of aldehydes is 1. The Bertz CT molecular complexity index is 905. The molecule has 1 atom stereocenters. The lowest BCUT2D eigenvalue weighted by atomic mass is 9.81. The number of hydrogen-bond donors (Lipinski definition) is 2. The maximum Gasteiger partial charge on any atom is 0.416 e. The van der Waals surface area contributed by atoms with Crippen molar-refractivity contribution in [2.75, 3.05) is 0 Å². The number of rotatable bonds is 3. The van der Waals surface area contributed by atoms with E-state index in [1.165, 1.54) is 12.1 Å². The lowest BCUT2D eigenvalue weighted by molar-refractivity contribution is -0.137. The molecule has 2 aromatic rings. The number of allylic oxidation sites excluding steroid dienone is 1. The molecule has 0 radical (unpaired) electrons. The van der Waals surface area contributed by atoms with Gasteiger partial charge in [-0.15, -0.1) is 0 Å². The summed E-state index contributed by atoms with van der Waals surface area (Å²) in [7, 11) is 0. The van der Waals surface area contributed by atoms with Gasteiger partial charge in [0.25, 0.3) is 0 Å². The van der Waals surface area contributed by atoms with Crippen LogP contribution in [0.4, 0.5) is 18.0 Å². The lowest BCUT2D eigenvalue weighted by Gasteiger charge is -2.30. The summed E-state index contributed by atoms with van der Waals surface area (Å²) in [5, 5.41) is 11.2. The van der Waals surface area contributed by atoms with Crippen LogP contribution in [0, 0.1) is 0 Å². The summed E-state index contributed by atoms with van der Waals surface area (Å²) in [5.41, 5.74) is -0.162. The molecule has 1 amide bonds. The number of nitrogens with one attached hydrogen (secondary N) is 1. The fraction of sp³-hybridized carbons (Fsp3) is 0.158. The Labute approximate surface area is 147 Å². The first-order valence-corrected chi connectivity index (χ1v) is 7.71. The van der Waals surface area contributed by atoms with E-state index >= 15 is 0 Å². The van der Waals surface area contributed by atoms with Gasteiger partial charge in [-0.3, -0.25) is 4.79 Å². The van der Waals surface area contributed by atoms with E-state index in [4.69, 9.17) is 5.11 Å². The monoisotopic (exact) mass is 361 g/mol. The third kappa shape index (κ3) is 3.20. The first-order chi connectivity index (χ1) is 12.2. The lowest BCUT2D eigenvalue weighted by Crippen LogP contribution is -2.46. The van der Waals surface area contributed by atoms with Crippen molar-refractivity contribution in [2.45, 2.75) is 18.1 Å². The molecule has 0 spiro atoms. The predicted octanol–water partition coefficient (Wildman–Crippen LogP) is 4.15. The smallest absolute Gasteiger partial charge is 0.416 e. The van der Waals surface area contributed by atoms with E-state index in [-0.39, 0.29) is 0 Å². The van der Waals surface area contributed by atoms with Gasteiger partial charge in [-0.05, 0) is 40.8 Å². The molecule has 2 aromatic carbocycles. The number of amides is 1. The third-order valence-electron chi connectivity index (χ3n) is 4.29. The van der Waals surface area contributed by atoms with E-state index in [0.29, 0.717) is 35.0 Å². The molecule has 0 aliphatic heterocycles. The minimum atomic E-state index is -4.44. The third-order valence-corrected chi connectivity index (χ3v) is 4.29. The SMILES string of the molecule is O=C[C@]1(NC(=O)O)C=CCc2cc(-c3cccc(C(F)(F)F)c3)ccc21. The molecular formula is C19H14F3NO3. The summed E-state index contributed by atoms with van der Waals surface area (Å²) in [4.78, 5) is 22.6. The molecule has 0 unspecified atom stereocenters. The molecule has 0 saturated heterocycles. The molecule has 7 heteroatoms. The second-order valence-corrected chi connectivity index (χ2v) is 5.97. The van der Waals surface area contributed by atoms with E-state index < -0.39 is 23.4 Å². The van der Waals surface area contributed by atoms with Crippen LogP contribution in [-0.2, 0) is 22.9 Å². The van der Waals surface area contributed by atoms with Gasteiger partial charge in [0.1, 0.15) is 5.54 Å². The number of alkyl halides is 3. The zero-order chi connectivity index (χ0) is 18.9. The molecule has 2 N–H and O–H groups in total. The summed E-state index contributed by atoms with van der Waals surface area (Å²) in [6.45, 7) is 0. The first-order valence-electron chi connectivity index (χ1n) is 7.71. The fourth-order valence-electron chi connectivity index (χ4n) is 3.10. The molecule has 1 aliphatic carbocycles.